The van der Waals surface area contributed by atoms with Crippen LogP contribution in [0.3, 0.4) is 0 Å². The minimum atomic E-state index is -0.196. The second-order valence-corrected chi connectivity index (χ2v) is 11.8. The topological polar surface area (TPSA) is 86.3 Å². The number of aromatic nitrogens is 2. The molecular formula is C30H34ClN7O3. The predicted molar refractivity (Wildman–Crippen MR) is 158 cm³/mol. The van der Waals surface area contributed by atoms with E-state index in [9.17, 15) is 4.79 Å². The molecule has 0 bridgehead atoms. The third-order valence-electron chi connectivity index (χ3n) is 9.04. The Morgan fingerprint density at radius 1 is 1.05 bits per heavy atom. The molecule has 11 heteroatoms. The smallest absolute Gasteiger partial charge is 0.258 e. The Hall–Kier alpha value is -3.60. The molecule has 1 saturated carbocycles. The summed E-state index contributed by atoms with van der Waals surface area (Å²) in [6.45, 7) is 6.57. The van der Waals surface area contributed by atoms with Crippen LogP contribution in [0, 0.1) is 0 Å². The molecule has 4 heterocycles. The standard InChI is InChI=1S/C30H34ClN7O3/c1-35-11-13-37(14-12-35)20-17-38(18-20)19-7-8-23(25(15-19)40-3)33-29-32-16-22(31)27(34-29)41-24-6-4-5-21-26(24)28(39)36(2)30(21)9-10-30/h4-8,15-16,20H,9-14,17-18H2,1-3H3,(H,32,33,34). The first-order valence-electron chi connectivity index (χ1n) is 14.1. The van der Waals surface area contributed by atoms with Crippen molar-refractivity contribution in [1.82, 2.24) is 24.7 Å². The molecule has 1 spiro atoms. The molecule has 4 aliphatic rings. The van der Waals surface area contributed by atoms with Gasteiger partial charge in [0.2, 0.25) is 11.8 Å². The molecule has 1 aromatic heterocycles. The minimum Gasteiger partial charge on any atom is -0.494 e. The molecule has 10 nitrogen and oxygen atoms in total. The fourth-order valence-corrected chi connectivity index (χ4v) is 6.39. The fourth-order valence-electron chi connectivity index (χ4n) is 6.26. The van der Waals surface area contributed by atoms with Crippen molar-refractivity contribution in [3.8, 4) is 17.4 Å². The Morgan fingerprint density at radius 2 is 1.83 bits per heavy atom. The Kier molecular flexibility index (Phi) is 6.44. The van der Waals surface area contributed by atoms with Gasteiger partial charge in [0.05, 0.1) is 30.1 Å². The van der Waals surface area contributed by atoms with E-state index < -0.39 is 0 Å². The van der Waals surface area contributed by atoms with Crippen LogP contribution in [-0.4, -0.2) is 97.1 Å². The largest absolute Gasteiger partial charge is 0.494 e. The quantitative estimate of drug-likeness (QED) is 0.446. The van der Waals surface area contributed by atoms with Gasteiger partial charge in [-0.05, 0) is 43.7 Å². The lowest BCUT2D eigenvalue weighted by Crippen LogP contribution is -2.63. The van der Waals surface area contributed by atoms with Crippen molar-refractivity contribution in [1.29, 1.82) is 0 Å². The van der Waals surface area contributed by atoms with E-state index in [4.69, 9.17) is 21.1 Å². The number of carbonyl (C=O) groups is 1. The Labute approximate surface area is 244 Å². The molecule has 0 atom stereocenters. The Morgan fingerprint density at radius 3 is 2.56 bits per heavy atom. The lowest BCUT2D eigenvalue weighted by Gasteiger charge is -2.48. The lowest BCUT2D eigenvalue weighted by molar-refractivity contribution is 0.0753. The number of ether oxygens (including phenoxy) is 2. The van der Waals surface area contributed by atoms with E-state index >= 15 is 0 Å². The van der Waals surface area contributed by atoms with Crippen molar-refractivity contribution in [2.45, 2.75) is 24.4 Å². The molecule has 1 N–H and O–H groups in total. The number of hydrogen-bond acceptors (Lipinski definition) is 9. The molecule has 41 heavy (non-hydrogen) atoms. The van der Waals surface area contributed by atoms with Gasteiger partial charge >= 0.3 is 0 Å². The number of carbonyl (C=O) groups excluding carboxylic acids is 1. The molecule has 0 unspecified atom stereocenters. The van der Waals surface area contributed by atoms with E-state index in [1.54, 1.807) is 13.2 Å². The summed E-state index contributed by atoms with van der Waals surface area (Å²) in [4.78, 5) is 31.2. The molecule has 0 radical (unpaired) electrons. The van der Waals surface area contributed by atoms with Gasteiger partial charge in [0.15, 0.2) is 0 Å². The number of piperazine rings is 1. The first kappa shape index (κ1) is 26.3. The van der Waals surface area contributed by atoms with Crippen molar-refractivity contribution in [2.24, 2.45) is 0 Å². The summed E-state index contributed by atoms with van der Waals surface area (Å²) in [6.07, 6.45) is 3.41. The first-order valence-corrected chi connectivity index (χ1v) is 14.5. The van der Waals surface area contributed by atoms with Crippen molar-refractivity contribution in [3.05, 3.63) is 58.7 Å². The van der Waals surface area contributed by atoms with E-state index in [1.807, 2.05) is 36.2 Å². The third kappa shape index (κ3) is 4.54. The van der Waals surface area contributed by atoms with Gasteiger partial charge in [0, 0.05) is 64.1 Å². The van der Waals surface area contributed by atoms with Crippen molar-refractivity contribution in [3.63, 3.8) is 0 Å². The zero-order chi connectivity index (χ0) is 28.3. The number of rotatable bonds is 7. The van der Waals surface area contributed by atoms with Crippen molar-refractivity contribution < 1.29 is 14.3 Å². The number of hydrogen-bond donors (Lipinski definition) is 1. The van der Waals surface area contributed by atoms with Crippen LogP contribution in [0.5, 0.6) is 17.4 Å². The number of likely N-dealkylation sites (N-methyl/N-ethyl adjacent to an activating group) is 1. The molecule has 3 aliphatic heterocycles. The highest BCUT2D eigenvalue weighted by Gasteiger charge is 2.57. The maximum absolute atomic E-state index is 13.1. The van der Waals surface area contributed by atoms with E-state index in [-0.39, 0.29) is 22.3 Å². The zero-order valence-corrected chi connectivity index (χ0v) is 24.3. The summed E-state index contributed by atoms with van der Waals surface area (Å²) >= 11 is 6.44. The van der Waals surface area contributed by atoms with Gasteiger partial charge in [-0.1, -0.05) is 23.7 Å². The van der Waals surface area contributed by atoms with E-state index in [0.29, 0.717) is 29.1 Å². The van der Waals surface area contributed by atoms with Crippen LogP contribution in [-0.2, 0) is 5.54 Å². The average molecular weight is 576 g/mol. The third-order valence-corrected chi connectivity index (χ3v) is 9.30. The van der Waals surface area contributed by atoms with Crippen molar-refractivity contribution >= 4 is 34.8 Å². The molecule has 1 amide bonds. The number of amides is 1. The monoisotopic (exact) mass is 575 g/mol. The van der Waals surface area contributed by atoms with Crippen LogP contribution >= 0.6 is 11.6 Å². The lowest BCUT2D eigenvalue weighted by atomic mass is 10.0. The summed E-state index contributed by atoms with van der Waals surface area (Å²) < 4.78 is 11.9. The van der Waals surface area contributed by atoms with Gasteiger partial charge in [0.25, 0.3) is 5.91 Å². The summed E-state index contributed by atoms with van der Waals surface area (Å²) in [5.41, 5.74) is 3.24. The van der Waals surface area contributed by atoms with Gasteiger partial charge in [-0.15, -0.1) is 0 Å². The van der Waals surface area contributed by atoms with Crippen LogP contribution in [0.2, 0.25) is 5.02 Å². The highest BCUT2D eigenvalue weighted by atomic mass is 35.5. The number of nitrogens with zero attached hydrogens (tertiary/aromatic N) is 6. The Balaban J connectivity index is 1.06. The van der Waals surface area contributed by atoms with Crippen LogP contribution < -0.4 is 19.7 Å². The number of halogens is 1. The highest BCUT2D eigenvalue weighted by molar-refractivity contribution is 6.31. The van der Waals surface area contributed by atoms with Crippen LogP contribution in [0.25, 0.3) is 0 Å². The molecule has 2 aromatic carbocycles. The molecule has 214 valence electrons. The van der Waals surface area contributed by atoms with E-state index in [2.05, 4.69) is 43.1 Å². The second-order valence-electron chi connectivity index (χ2n) is 11.4. The number of nitrogens with one attached hydrogen (secondary N) is 1. The zero-order valence-electron chi connectivity index (χ0n) is 23.6. The maximum atomic E-state index is 13.1. The van der Waals surface area contributed by atoms with Gasteiger partial charge in [0.1, 0.15) is 16.5 Å². The molecular weight excluding hydrogens is 542 g/mol. The van der Waals surface area contributed by atoms with Crippen LogP contribution in [0.4, 0.5) is 17.3 Å². The summed E-state index contributed by atoms with van der Waals surface area (Å²) in [6, 6.07) is 12.4. The van der Waals surface area contributed by atoms with Crippen LogP contribution in [0.1, 0.15) is 28.8 Å². The first-order chi connectivity index (χ1) is 19.9. The average Bonchev–Trinajstić information content (AvgIpc) is 3.73. The minimum absolute atomic E-state index is 0.0430. The molecule has 2 saturated heterocycles. The fraction of sp³-hybridized carbons (Fsp3) is 0.433. The SMILES string of the molecule is COc1cc(N2CC(N3CCN(C)CC3)C2)ccc1Nc1ncc(Cl)c(Oc2cccc3c2C(=O)N(C)C32CC2)n1. The second kappa shape index (κ2) is 10.0. The Bertz CT molecular complexity index is 1500. The van der Waals surface area contributed by atoms with E-state index in [1.165, 1.54) is 6.20 Å². The van der Waals surface area contributed by atoms with Crippen LogP contribution in [0.15, 0.2) is 42.6 Å². The number of methoxy groups -OCH3 is 1. The predicted octanol–water partition coefficient (Wildman–Crippen LogP) is 4.19. The summed E-state index contributed by atoms with van der Waals surface area (Å²) in [7, 11) is 5.69. The molecule has 3 aromatic rings. The number of fused-ring (bicyclic) bond motifs is 2. The number of benzene rings is 2. The highest BCUT2D eigenvalue weighted by Crippen LogP contribution is 2.57. The normalized spacial score (nSPS) is 20.2. The number of anilines is 3. The van der Waals surface area contributed by atoms with Gasteiger partial charge in [-0.3, -0.25) is 9.69 Å². The molecule has 7 rings (SSSR count). The van der Waals surface area contributed by atoms with Gasteiger partial charge in [-0.25, -0.2) is 4.98 Å². The molecule has 1 aliphatic carbocycles. The maximum Gasteiger partial charge on any atom is 0.258 e. The van der Waals surface area contributed by atoms with Gasteiger partial charge in [-0.2, -0.15) is 4.98 Å². The van der Waals surface area contributed by atoms with Crippen molar-refractivity contribution in [2.75, 3.05) is 70.7 Å². The molecule has 3 fully saturated rings. The summed E-state index contributed by atoms with van der Waals surface area (Å²) in [5.74, 6) is 1.58. The van der Waals surface area contributed by atoms with Gasteiger partial charge < -0.3 is 29.5 Å². The van der Waals surface area contributed by atoms with E-state index in [0.717, 1.165) is 69.0 Å². The summed E-state index contributed by atoms with van der Waals surface area (Å²) in [5, 5.41) is 3.50.